The minimum Gasteiger partial charge on any atom is -0.348 e. The van der Waals surface area contributed by atoms with Gasteiger partial charge in [0.1, 0.15) is 0 Å². The molecule has 2 N–H and O–H groups in total. The highest BCUT2D eigenvalue weighted by Gasteiger charge is 2.12. The molecule has 0 fully saturated rings. The van der Waals surface area contributed by atoms with Crippen LogP contribution in [0.15, 0.2) is 97.2 Å². The van der Waals surface area contributed by atoms with Gasteiger partial charge in [-0.15, -0.1) is 0 Å². The van der Waals surface area contributed by atoms with Crippen molar-refractivity contribution in [2.45, 2.75) is 13.5 Å². The van der Waals surface area contributed by atoms with E-state index in [1.807, 2.05) is 83.7 Å². The number of carbonyl (C=O) groups excluding carboxylic acids is 2. The summed E-state index contributed by atoms with van der Waals surface area (Å²) in [7, 11) is 0. The van der Waals surface area contributed by atoms with E-state index < -0.39 is 0 Å². The molecular weight excluding hydrogens is 412 g/mol. The van der Waals surface area contributed by atoms with Crippen LogP contribution in [0.25, 0.3) is 23.0 Å². The molecule has 2 amide bonds. The number of hydrogen-bond acceptors (Lipinski definition) is 3. The Morgan fingerprint density at radius 1 is 0.909 bits per heavy atom. The number of para-hydroxylation sites is 1. The van der Waals surface area contributed by atoms with E-state index in [4.69, 9.17) is 5.10 Å². The number of aromatic nitrogens is 2. The second-order valence-electron chi connectivity index (χ2n) is 7.50. The maximum absolute atomic E-state index is 12.4. The van der Waals surface area contributed by atoms with Crippen LogP contribution >= 0.6 is 0 Å². The highest BCUT2D eigenvalue weighted by Crippen LogP contribution is 2.23. The molecule has 0 aliphatic carbocycles. The average Bonchev–Trinajstić information content (AvgIpc) is 3.27. The van der Waals surface area contributed by atoms with Crippen molar-refractivity contribution >= 4 is 23.6 Å². The summed E-state index contributed by atoms with van der Waals surface area (Å²) >= 11 is 0. The van der Waals surface area contributed by atoms with Crippen molar-refractivity contribution in [3.8, 4) is 16.9 Å². The lowest BCUT2D eigenvalue weighted by Crippen LogP contribution is -2.20. The van der Waals surface area contributed by atoms with Crippen LogP contribution in [0.4, 0.5) is 5.69 Å². The first-order valence-electron chi connectivity index (χ1n) is 10.6. The lowest BCUT2D eigenvalue weighted by Gasteiger charge is -2.04. The molecule has 0 unspecified atom stereocenters. The number of amides is 2. The van der Waals surface area contributed by atoms with Gasteiger partial charge in [0.2, 0.25) is 11.8 Å². The summed E-state index contributed by atoms with van der Waals surface area (Å²) < 4.78 is 1.83. The van der Waals surface area contributed by atoms with Crippen LogP contribution in [0.5, 0.6) is 0 Å². The van der Waals surface area contributed by atoms with Gasteiger partial charge in [0.25, 0.3) is 0 Å². The van der Waals surface area contributed by atoms with E-state index in [1.165, 1.54) is 13.0 Å². The van der Waals surface area contributed by atoms with E-state index in [0.717, 1.165) is 28.1 Å². The normalized spacial score (nSPS) is 10.8. The topological polar surface area (TPSA) is 76.0 Å². The molecule has 3 aromatic carbocycles. The SMILES string of the molecule is CC(=O)Nc1ccc(/C=C/C(=O)NCc2cn(-c3ccccc3)nc2-c2ccccc2)cc1. The molecule has 0 radical (unpaired) electrons. The molecule has 0 saturated heterocycles. The Hall–Kier alpha value is -4.45. The molecule has 0 saturated carbocycles. The number of hydrogen-bond donors (Lipinski definition) is 2. The number of carbonyl (C=O) groups is 2. The Kier molecular flexibility index (Phi) is 6.75. The summed E-state index contributed by atoms with van der Waals surface area (Å²) in [6.07, 6.45) is 5.18. The van der Waals surface area contributed by atoms with Crippen LogP contribution in [0.2, 0.25) is 0 Å². The fourth-order valence-corrected chi connectivity index (χ4v) is 3.39. The van der Waals surface area contributed by atoms with E-state index in [-0.39, 0.29) is 11.8 Å². The van der Waals surface area contributed by atoms with Gasteiger partial charge < -0.3 is 10.6 Å². The Morgan fingerprint density at radius 2 is 1.58 bits per heavy atom. The van der Waals surface area contributed by atoms with E-state index in [1.54, 1.807) is 18.2 Å². The van der Waals surface area contributed by atoms with Crippen molar-refractivity contribution in [1.29, 1.82) is 0 Å². The van der Waals surface area contributed by atoms with Crippen LogP contribution in [-0.2, 0) is 16.1 Å². The van der Waals surface area contributed by atoms with E-state index in [0.29, 0.717) is 12.2 Å². The molecule has 4 aromatic rings. The fourth-order valence-electron chi connectivity index (χ4n) is 3.39. The fraction of sp³-hybridized carbons (Fsp3) is 0.0741. The molecule has 0 aliphatic rings. The molecule has 0 aliphatic heterocycles. The standard InChI is InChI=1S/C27H24N4O2/c1-20(32)29-24-15-12-21(13-16-24)14-17-26(33)28-18-23-19-31(25-10-6-3-7-11-25)30-27(23)22-8-4-2-5-9-22/h2-17,19H,18H2,1H3,(H,28,33)(H,29,32)/b17-14+. The summed E-state index contributed by atoms with van der Waals surface area (Å²) in [5.74, 6) is -0.324. The predicted molar refractivity (Wildman–Crippen MR) is 131 cm³/mol. The summed E-state index contributed by atoms with van der Waals surface area (Å²) in [5, 5.41) is 10.4. The van der Waals surface area contributed by atoms with Crippen molar-refractivity contribution in [2.24, 2.45) is 0 Å². The number of anilines is 1. The molecule has 0 atom stereocenters. The van der Waals surface area contributed by atoms with Gasteiger partial charge in [-0.05, 0) is 35.9 Å². The Balaban J connectivity index is 1.47. The molecule has 6 heteroatoms. The number of nitrogens with zero attached hydrogens (tertiary/aromatic N) is 2. The molecule has 0 spiro atoms. The zero-order valence-electron chi connectivity index (χ0n) is 18.2. The molecule has 0 bridgehead atoms. The van der Waals surface area contributed by atoms with Gasteiger partial charge in [-0.25, -0.2) is 4.68 Å². The van der Waals surface area contributed by atoms with Crippen molar-refractivity contribution in [3.05, 3.63) is 108 Å². The first kappa shape index (κ1) is 21.8. The quantitative estimate of drug-likeness (QED) is 0.408. The molecular formula is C27H24N4O2. The van der Waals surface area contributed by atoms with Crippen molar-refractivity contribution in [3.63, 3.8) is 0 Å². The highest BCUT2D eigenvalue weighted by atomic mass is 16.2. The largest absolute Gasteiger partial charge is 0.348 e. The van der Waals surface area contributed by atoms with Gasteiger partial charge in [-0.2, -0.15) is 5.10 Å². The minimum atomic E-state index is -0.201. The van der Waals surface area contributed by atoms with Crippen molar-refractivity contribution in [2.75, 3.05) is 5.32 Å². The minimum absolute atomic E-state index is 0.122. The lowest BCUT2D eigenvalue weighted by atomic mass is 10.1. The number of benzene rings is 3. The van der Waals surface area contributed by atoms with Gasteiger partial charge in [0.15, 0.2) is 0 Å². The second-order valence-corrected chi connectivity index (χ2v) is 7.50. The van der Waals surface area contributed by atoms with Crippen LogP contribution in [0.3, 0.4) is 0 Å². The van der Waals surface area contributed by atoms with Gasteiger partial charge in [0.05, 0.1) is 11.4 Å². The van der Waals surface area contributed by atoms with Gasteiger partial charge >= 0.3 is 0 Å². The second kappa shape index (κ2) is 10.2. The molecule has 1 aromatic heterocycles. The molecule has 33 heavy (non-hydrogen) atoms. The number of nitrogens with one attached hydrogen (secondary N) is 2. The maximum atomic E-state index is 12.4. The first-order chi connectivity index (χ1) is 16.1. The average molecular weight is 437 g/mol. The lowest BCUT2D eigenvalue weighted by molar-refractivity contribution is -0.116. The van der Waals surface area contributed by atoms with E-state index >= 15 is 0 Å². The summed E-state index contributed by atoms with van der Waals surface area (Å²) in [4.78, 5) is 23.6. The highest BCUT2D eigenvalue weighted by molar-refractivity contribution is 5.92. The Morgan fingerprint density at radius 3 is 2.24 bits per heavy atom. The van der Waals surface area contributed by atoms with Crippen molar-refractivity contribution < 1.29 is 9.59 Å². The van der Waals surface area contributed by atoms with Crippen molar-refractivity contribution in [1.82, 2.24) is 15.1 Å². The third-order valence-electron chi connectivity index (χ3n) is 4.97. The van der Waals surface area contributed by atoms with Gasteiger partial charge in [0, 0.05) is 42.6 Å². The zero-order chi connectivity index (χ0) is 23.0. The monoisotopic (exact) mass is 436 g/mol. The molecule has 4 rings (SSSR count). The zero-order valence-corrected chi connectivity index (χ0v) is 18.2. The number of rotatable bonds is 7. The van der Waals surface area contributed by atoms with Gasteiger partial charge in [-0.1, -0.05) is 60.7 Å². The van der Waals surface area contributed by atoms with Crippen LogP contribution in [0, 0.1) is 0 Å². The third-order valence-corrected chi connectivity index (χ3v) is 4.97. The summed E-state index contributed by atoms with van der Waals surface area (Å²) in [6.45, 7) is 1.81. The van der Waals surface area contributed by atoms with E-state index in [2.05, 4.69) is 10.6 Å². The summed E-state index contributed by atoms with van der Waals surface area (Å²) in [5.41, 5.74) is 5.28. The third kappa shape index (κ3) is 5.83. The van der Waals surface area contributed by atoms with Crippen LogP contribution in [-0.4, -0.2) is 21.6 Å². The van der Waals surface area contributed by atoms with E-state index in [9.17, 15) is 9.59 Å². The van der Waals surface area contributed by atoms with Crippen LogP contribution < -0.4 is 10.6 Å². The van der Waals surface area contributed by atoms with Gasteiger partial charge in [-0.3, -0.25) is 9.59 Å². The van der Waals surface area contributed by atoms with Crippen LogP contribution in [0.1, 0.15) is 18.1 Å². The Bertz CT molecular complexity index is 1260. The molecule has 6 nitrogen and oxygen atoms in total. The Labute approximate surface area is 192 Å². The first-order valence-corrected chi connectivity index (χ1v) is 10.6. The smallest absolute Gasteiger partial charge is 0.244 e. The predicted octanol–water partition coefficient (Wildman–Crippen LogP) is 4.83. The molecule has 164 valence electrons. The maximum Gasteiger partial charge on any atom is 0.244 e. The molecule has 1 heterocycles. The summed E-state index contributed by atoms with van der Waals surface area (Å²) in [6, 6.07) is 27.1.